The Labute approximate surface area is 106 Å². The van der Waals surface area contributed by atoms with E-state index in [4.69, 9.17) is 9.26 Å². The van der Waals surface area contributed by atoms with Crippen LogP contribution in [0.5, 0.6) is 5.75 Å². The lowest BCUT2D eigenvalue weighted by Gasteiger charge is -2.06. The molecule has 5 heteroatoms. The molecule has 0 atom stereocenters. The molecule has 0 amide bonds. The van der Waals surface area contributed by atoms with Crippen LogP contribution in [0.15, 0.2) is 28.8 Å². The number of nitrogens with zero attached hydrogens (tertiary/aromatic N) is 2. The van der Waals surface area contributed by atoms with Gasteiger partial charge in [0.25, 0.3) is 0 Å². The number of anilines is 1. The Morgan fingerprint density at radius 3 is 2.83 bits per heavy atom. The van der Waals surface area contributed by atoms with E-state index in [1.54, 1.807) is 0 Å². The number of hydrogen-bond donors (Lipinski definition) is 1. The fourth-order valence-corrected chi connectivity index (χ4v) is 1.57. The Hall–Kier alpha value is -2.04. The molecule has 1 N–H and O–H groups in total. The zero-order chi connectivity index (χ0) is 13.0. The molecule has 0 fully saturated rings. The number of benzene rings is 1. The van der Waals surface area contributed by atoms with Gasteiger partial charge < -0.3 is 14.6 Å². The number of hydrogen-bond acceptors (Lipinski definition) is 5. The number of ether oxygens (including phenoxy) is 1. The summed E-state index contributed by atoms with van der Waals surface area (Å²) in [5.41, 5.74) is 0.833. The zero-order valence-corrected chi connectivity index (χ0v) is 10.8. The molecule has 0 aliphatic rings. The summed E-state index contributed by atoms with van der Waals surface area (Å²) in [6.07, 6.45) is 0. The quantitative estimate of drug-likeness (QED) is 0.880. The molecule has 0 saturated carbocycles. The molecule has 2 aromatic rings. The van der Waals surface area contributed by atoms with Crippen molar-refractivity contribution in [2.75, 3.05) is 11.9 Å². The standard InChI is InChI=1S/C13H17N3O2/c1-4-17-11-8-6-5-7-10(11)12-15-13(18-16-12)14-9(2)3/h5-9H,4H2,1-3H3,(H,14,15,16). The summed E-state index contributed by atoms with van der Waals surface area (Å²) in [4.78, 5) is 4.29. The second kappa shape index (κ2) is 5.53. The maximum atomic E-state index is 5.54. The molecule has 1 heterocycles. The highest BCUT2D eigenvalue weighted by atomic mass is 16.5. The van der Waals surface area contributed by atoms with E-state index in [1.807, 2.05) is 45.0 Å². The molecule has 18 heavy (non-hydrogen) atoms. The SMILES string of the molecule is CCOc1ccccc1-c1noc(NC(C)C)n1. The van der Waals surface area contributed by atoms with Gasteiger partial charge in [0.05, 0.1) is 12.2 Å². The molecule has 0 aliphatic heterocycles. The third kappa shape index (κ3) is 2.80. The second-order valence-electron chi connectivity index (χ2n) is 4.15. The van der Waals surface area contributed by atoms with Crippen LogP contribution in [0.25, 0.3) is 11.4 Å². The summed E-state index contributed by atoms with van der Waals surface area (Å²) in [6, 6.07) is 8.32. The average molecular weight is 247 g/mol. The number of aromatic nitrogens is 2. The largest absolute Gasteiger partial charge is 0.493 e. The predicted molar refractivity (Wildman–Crippen MR) is 69.7 cm³/mol. The molecule has 0 bridgehead atoms. The van der Waals surface area contributed by atoms with Crippen molar-refractivity contribution in [3.05, 3.63) is 24.3 Å². The molecule has 5 nitrogen and oxygen atoms in total. The minimum absolute atomic E-state index is 0.250. The van der Waals surface area contributed by atoms with Crippen LogP contribution >= 0.6 is 0 Å². The van der Waals surface area contributed by atoms with Crippen LogP contribution < -0.4 is 10.1 Å². The Kier molecular flexibility index (Phi) is 3.82. The van der Waals surface area contributed by atoms with E-state index in [-0.39, 0.29) is 6.04 Å². The van der Waals surface area contributed by atoms with Crippen LogP contribution in [0.3, 0.4) is 0 Å². The van der Waals surface area contributed by atoms with Gasteiger partial charge in [-0.05, 0) is 32.9 Å². The number of rotatable bonds is 5. The van der Waals surface area contributed by atoms with E-state index in [2.05, 4.69) is 15.5 Å². The maximum absolute atomic E-state index is 5.54. The topological polar surface area (TPSA) is 60.2 Å². The number of para-hydroxylation sites is 1. The third-order valence-electron chi connectivity index (χ3n) is 2.27. The van der Waals surface area contributed by atoms with Gasteiger partial charge >= 0.3 is 6.01 Å². The summed E-state index contributed by atoms with van der Waals surface area (Å²) >= 11 is 0. The normalized spacial score (nSPS) is 10.7. The number of nitrogens with one attached hydrogen (secondary N) is 1. The average Bonchev–Trinajstić information content (AvgIpc) is 2.77. The highest BCUT2D eigenvalue weighted by molar-refractivity contribution is 5.64. The first-order valence-corrected chi connectivity index (χ1v) is 6.03. The molecular weight excluding hydrogens is 230 g/mol. The van der Waals surface area contributed by atoms with Crippen molar-refractivity contribution in [2.45, 2.75) is 26.8 Å². The molecule has 0 radical (unpaired) electrons. The lowest BCUT2D eigenvalue weighted by Crippen LogP contribution is -2.09. The van der Waals surface area contributed by atoms with Crippen molar-refractivity contribution in [3.8, 4) is 17.1 Å². The fourth-order valence-electron chi connectivity index (χ4n) is 1.57. The van der Waals surface area contributed by atoms with Crippen molar-refractivity contribution < 1.29 is 9.26 Å². The van der Waals surface area contributed by atoms with Gasteiger partial charge in [-0.1, -0.05) is 17.3 Å². The maximum Gasteiger partial charge on any atom is 0.321 e. The highest BCUT2D eigenvalue weighted by Gasteiger charge is 2.13. The minimum Gasteiger partial charge on any atom is -0.493 e. The first-order chi connectivity index (χ1) is 8.70. The smallest absolute Gasteiger partial charge is 0.321 e. The Morgan fingerprint density at radius 2 is 2.11 bits per heavy atom. The molecule has 0 aliphatic carbocycles. The van der Waals surface area contributed by atoms with Crippen LogP contribution in [-0.2, 0) is 0 Å². The second-order valence-corrected chi connectivity index (χ2v) is 4.15. The fraction of sp³-hybridized carbons (Fsp3) is 0.385. The Balaban J connectivity index is 2.28. The molecule has 0 unspecified atom stereocenters. The van der Waals surface area contributed by atoms with Crippen LogP contribution in [0.4, 0.5) is 6.01 Å². The molecular formula is C13H17N3O2. The highest BCUT2D eigenvalue weighted by Crippen LogP contribution is 2.28. The van der Waals surface area contributed by atoms with Crippen molar-refractivity contribution in [2.24, 2.45) is 0 Å². The molecule has 2 rings (SSSR count). The third-order valence-corrected chi connectivity index (χ3v) is 2.27. The minimum atomic E-state index is 0.250. The van der Waals surface area contributed by atoms with Crippen molar-refractivity contribution in [3.63, 3.8) is 0 Å². The molecule has 1 aromatic heterocycles. The molecule has 0 saturated heterocycles. The monoisotopic (exact) mass is 247 g/mol. The molecule has 96 valence electrons. The summed E-state index contributed by atoms with van der Waals surface area (Å²) in [6.45, 7) is 6.57. The predicted octanol–water partition coefficient (Wildman–Crippen LogP) is 2.96. The van der Waals surface area contributed by atoms with Gasteiger partial charge in [-0.3, -0.25) is 0 Å². The van der Waals surface area contributed by atoms with E-state index in [9.17, 15) is 0 Å². The van der Waals surface area contributed by atoms with Crippen molar-refractivity contribution in [1.82, 2.24) is 10.1 Å². The first-order valence-electron chi connectivity index (χ1n) is 6.03. The van der Waals surface area contributed by atoms with Gasteiger partial charge in [0, 0.05) is 6.04 Å². The van der Waals surface area contributed by atoms with Crippen LogP contribution in [0.1, 0.15) is 20.8 Å². The van der Waals surface area contributed by atoms with E-state index in [0.29, 0.717) is 18.4 Å². The molecule has 0 spiro atoms. The Morgan fingerprint density at radius 1 is 1.33 bits per heavy atom. The van der Waals surface area contributed by atoms with Crippen LogP contribution in [-0.4, -0.2) is 22.8 Å². The van der Waals surface area contributed by atoms with Crippen LogP contribution in [0, 0.1) is 0 Å². The summed E-state index contributed by atoms with van der Waals surface area (Å²) < 4.78 is 10.7. The van der Waals surface area contributed by atoms with Crippen LogP contribution in [0.2, 0.25) is 0 Å². The lowest BCUT2D eigenvalue weighted by molar-refractivity contribution is 0.341. The van der Waals surface area contributed by atoms with E-state index < -0.39 is 0 Å². The van der Waals surface area contributed by atoms with Crippen molar-refractivity contribution in [1.29, 1.82) is 0 Å². The van der Waals surface area contributed by atoms with E-state index >= 15 is 0 Å². The summed E-state index contributed by atoms with van der Waals surface area (Å²) in [5.74, 6) is 1.29. The van der Waals surface area contributed by atoms with E-state index in [0.717, 1.165) is 11.3 Å². The van der Waals surface area contributed by atoms with Gasteiger partial charge in [0.1, 0.15) is 5.75 Å². The summed E-state index contributed by atoms with van der Waals surface area (Å²) in [5, 5.41) is 7.02. The summed E-state index contributed by atoms with van der Waals surface area (Å²) in [7, 11) is 0. The zero-order valence-electron chi connectivity index (χ0n) is 10.8. The Bertz CT molecular complexity index is 508. The van der Waals surface area contributed by atoms with Gasteiger partial charge in [0.2, 0.25) is 5.82 Å². The van der Waals surface area contributed by atoms with Gasteiger partial charge in [0.15, 0.2) is 0 Å². The van der Waals surface area contributed by atoms with Gasteiger partial charge in [-0.2, -0.15) is 4.98 Å². The van der Waals surface area contributed by atoms with Crippen molar-refractivity contribution >= 4 is 6.01 Å². The first kappa shape index (κ1) is 12.4. The van der Waals surface area contributed by atoms with Gasteiger partial charge in [-0.25, -0.2) is 0 Å². The van der Waals surface area contributed by atoms with Gasteiger partial charge in [-0.15, -0.1) is 0 Å². The molecule has 1 aromatic carbocycles. The lowest BCUT2D eigenvalue weighted by atomic mass is 10.2. The van der Waals surface area contributed by atoms with E-state index in [1.165, 1.54) is 0 Å².